The van der Waals surface area contributed by atoms with Crippen LogP contribution in [0.2, 0.25) is 0 Å². The van der Waals surface area contributed by atoms with Crippen molar-refractivity contribution in [1.82, 2.24) is 4.90 Å². The fraction of sp³-hybridized carbons (Fsp3) is 0.381. The van der Waals surface area contributed by atoms with Crippen LogP contribution in [-0.2, 0) is 4.79 Å². The lowest BCUT2D eigenvalue weighted by Crippen LogP contribution is -2.46. The van der Waals surface area contributed by atoms with Gasteiger partial charge in [-0.2, -0.15) is 0 Å². The summed E-state index contributed by atoms with van der Waals surface area (Å²) in [6.45, 7) is 3.62. The Balaban J connectivity index is 0.00000243. The molecule has 0 saturated carbocycles. The van der Waals surface area contributed by atoms with Crippen molar-refractivity contribution in [3.8, 4) is 16.9 Å². The molecule has 4 nitrogen and oxygen atoms in total. The number of hydrogen-bond donors (Lipinski definition) is 1. The van der Waals surface area contributed by atoms with Crippen LogP contribution in [0.25, 0.3) is 11.1 Å². The van der Waals surface area contributed by atoms with Gasteiger partial charge in [-0.1, -0.05) is 48.5 Å². The van der Waals surface area contributed by atoms with E-state index in [9.17, 15) is 4.79 Å². The number of carbonyl (C=O) groups excluding carboxylic acids is 1. The molecule has 2 unspecified atom stereocenters. The molecule has 140 valence electrons. The van der Waals surface area contributed by atoms with E-state index in [1.165, 1.54) is 0 Å². The molecule has 0 aromatic heterocycles. The first kappa shape index (κ1) is 20.3. The van der Waals surface area contributed by atoms with Crippen LogP contribution < -0.4 is 10.5 Å². The number of likely N-dealkylation sites (tertiary alicyclic amines) is 1. The average molecular weight is 375 g/mol. The zero-order valence-corrected chi connectivity index (χ0v) is 16.0. The molecule has 26 heavy (non-hydrogen) atoms. The number of nitrogens with zero attached hydrogens (tertiary/aromatic N) is 1. The molecule has 1 aliphatic rings. The number of piperidine rings is 1. The number of ether oxygens (including phenoxy) is 1. The smallest absolute Gasteiger partial charge is 0.260 e. The standard InChI is InChI=1S/C21H26N2O2.ClH/c1-16(22)18-10-7-13-23(14-18)21(24)15-25-20-12-6-5-11-19(20)17-8-3-2-4-9-17;/h2-6,8-9,11-12,16,18H,7,10,13-15,22H2,1H3;1H. The highest BCUT2D eigenvalue weighted by atomic mass is 35.5. The van der Waals surface area contributed by atoms with Crippen molar-refractivity contribution < 1.29 is 9.53 Å². The minimum atomic E-state index is 0. The van der Waals surface area contributed by atoms with E-state index in [2.05, 4.69) is 0 Å². The van der Waals surface area contributed by atoms with Crippen LogP contribution in [-0.4, -0.2) is 36.5 Å². The molecule has 3 rings (SSSR count). The van der Waals surface area contributed by atoms with Crippen LogP contribution >= 0.6 is 12.4 Å². The second-order valence-electron chi connectivity index (χ2n) is 6.75. The van der Waals surface area contributed by atoms with E-state index in [0.29, 0.717) is 5.92 Å². The first-order valence-corrected chi connectivity index (χ1v) is 8.96. The monoisotopic (exact) mass is 374 g/mol. The van der Waals surface area contributed by atoms with Crippen LogP contribution in [0.4, 0.5) is 0 Å². The third-order valence-corrected chi connectivity index (χ3v) is 4.88. The van der Waals surface area contributed by atoms with Crippen molar-refractivity contribution in [2.45, 2.75) is 25.8 Å². The van der Waals surface area contributed by atoms with E-state index in [0.717, 1.165) is 42.8 Å². The van der Waals surface area contributed by atoms with Crippen molar-refractivity contribution in [2.24, 2.45) is 11.7 Å². The van der Waals surface area contributed by atoms with Crippen molar-refractivity contribution >= 4 is 18.3 Å². The SMILES string of the molecule is CC(N)C1CCCN(C(=O)COc2ccccc2-c2ccccc2)C1.Cl. The average Bonchev–Trinajstić information content (AvgIpc) is 2.67. The normalized spacial score (nSPS) is 17.9. The molecule has 1 saturated heterocycles. The molecule has 1 fully saturated rings. The van der Waals surface area contributed by atoms with Crippen molar-refractivity contribution in [2.75, 3.05) is 19.7 Å². The first-order chi connectivity index (χ1) is 12.1. The lowest BCUT2D eigenvalue weighted by molar-refractivity contribution is -0.135. The lowest BCUT2D eigenvalue weighted by atomic mass is 9.92. The van der Waals surface area contributed by atoms with Gasteiger partial charge in [0.2, 0.25) is 0 Å². The number of benzene rings is 2. The van der Waals surface area contributed by atoms with E-state index in [4.69, 9.17) is 10.5 Å². The third-order valence-electron chi connectivity index (χ3n) is 4.88. The Morgan fingerprint density at radius 1 is 1.19 bits per heavy atom. The van der Waals surface area contributed by atoms with Gasteiger partial charge in [-0.05, 0) is 37.3 Å². The van der Waals surface area contributed by atoms with Crippen molar-refractivity contribution in [3.63, 3.8) is 0 Å². The number of rotatable bonds is 5. The molecular weight excluding hydrogens is 348 g/mol. The summed E-state index contributed by atoms with van der Waals surface area (Å²) < 4.78 is 5.88. The van der Waals surface area contributed by atoms with Gasteiger partial charge in [0, 0.05) is 24.7 Å². The van der Waals surface area contributed by atoms with Crippen LogP contribution in [0.15, 0.2) is 54.6 Å². The number of hydrogen-bond acceptors (Lipinski definition) is 3. The van der Waals surface area contributed by atoms with E-state index < -0.39 is 0 Å². The Morgan fingerprint density at radius 3 is 2.62 bits per heavy atom. The van der Waals surface area contributed by atoms with Crippen molar-refractivity contribution in [1.29, 1.82) is 0 Å². The van der Waals surface area contributed by atoms with Gasteiger partial charge in [-0.15, -0.1) is 12.4 Å². The van der Waals surface area contributed by atoms with Gasteiger partial charge in [0.25, 0.3) is 5.91 Å². The fourth-order valence-electron chi connectivity index (χ4n) is 3.35. The van der Waals surface area contributed by atoms with Crippen LogP contribution in [0.5, 0.6) is 5.75 Å². The Morgan fingerprint density at radius 2 is 1.88 bits per heavy atom. The zero-order valence-electron chi connectivity index (χ0n) is 15.1. The number of para-hydroxylation sites is 1. The summed E-state index contributed by atoms with van der Waals surface area (Å²) >= 11 is 0. The highest BCUT2D eigenvalue weighted by Crippen LogP contribution is 2.29. The molecule has 5 heteroatoms. The molecule has 0 bridgehead atoms. The predicted molar refractivity (Wildman–Crippen MR) is 108 cm³/mol. The van der Waals surface area contributed by atoms with Gasteiger partial charge in [-0.25, -0.2) is 0 Å². The molecule has 2 aromatic rings. The Labute approximate surface area is 161 Å². The molecular formula is C21H27ClN2O2. The topological polar surface area (TPSA) is 55.6 Å². The van der Waals surface area contributed by atoms with Gasteiger partial charge >= 0.3 is 0 Å². The minimum Gasteiger partial charge on any atom is -0.483 e. The lowest BCUT2D eigenvalue weighted by Gasteiger charge is -2.34. The minimum absolute atomic E-state index is 0. The maximum Gasteiger partial charge on any atom is 0.260 e. The van der Waals surface area contributed by atoms with E-state index in [1.54, 1.807) is 0 Å². The molecule has 1 amide bonds. The highest BCUT2D eigenvalue weighted by Gasteiger charge is 2.26. The molecule has 0 aliphatic carbocycles. The number of nitrogens with two attached hydrogens (primary N) is 1. The number of carbonyl (C=O) groups is 1. The quantitative estimate of drug-likeness (QED) is 0.867. The first-order valence-electron chi connectivity index (χ1n) is 8.96. The predicted octanol–water partition coefficient (Wildman–Crippen LogP) is 3.74. The molecule has 2 atom stereocenters. The summed E-state index contributed by atoms with van der Waals surface area (Å²) in [5.41, 5.74) is 8.10. The van der Waals surface area contributed by atoms with E-state index in [1.807, 2.05) is 66.4 Å². The summed E-state index contributed by atoms with van der Waals surface area (Å²) in [4.78, 5) is 14.4. The second kappa shape index (κ2) is 9.60. The zero-order chi connectivity index (χ0) is 17.6. The van der Waals surface area contributed by atoms with Gasteiger partial charge in [-0.3, -0.25) is 4.79 Å². The highest BCUT2D eigenvalue weighted by molar-refractivity contribution is 5.85. The van der Waals surface area contributed by atoms with Crippen molar-refractivity contribution in [3.05, 3.63) is 54.6 Å². The third kappa shape index (κ3) is 4.99. The second-order valence-corrected chi connectivity index (χ2v) is 6.75. The van der Waals surface area contributed by atoms with Gasteiger partial charge in [0.05, 0.1) is 0 Å². The molecule has 2 aromatic carbocycles. The molecule has 0 spiro atoms. The molecule has 2 N–H and O–H groups in total. The summed E-state index contributed by atoms with van der Waals surface area (Å²) in [5.74, 6) is 1.16. The molecule has 1 heterocycles. The van der Waals surface area contributed by atoms with Gasteiger partial charge < -0.3 is 15.4 Å². The summed E-state index contributed by atoms with van der Waals surface area (Å²) in [5, 5.41) is 0. The fourth-order valence-corrected chi connectivity index (χ4v) is 3.35. The van der Waals surface area contributed by atoms with Gasteiger partial charge in [0.1, 0.15) is 5.75 Å². The Kier molecular flexibility index (Phi) is 7.49. The van der Waals surface area contributed by atoms with Crippen LogP contribution in [0.1, 0.15) is 19.8 Å². The van der Waals surface area contributed by atoms with E-state index >= 15 is 0 Å². The Bertz CT molecular complexity index is 706. The largest absolute Gasteiger partial charge is 0.483 e. The summed E-state index contributed by atoms with van der Waals surface area (Å²) in [6.07, 6.45) is 2.11. The molecule has 0 radical (unpaired) electrons. The van der Waals surface area contributed by atoms with Crippen LogP contribution in [0, 0.1) is 5.92 Å². The maximum atomic E-state index is 12.5. The summed E-state index contributed by atoms with van der Waals surface area (Å²) in [7, 11) is 0. The van der Waals surface area contributed by atoms with Crippen LogP contribution in [0.3, 0.4) is 0 Å². The molecule has 1 aliphatic heterocycles. The maximum absolute atomic E-state index is 12.5. The number of amides is 1. The summed E-state index contributed by atoms with van der Waals surface area (Å²) in [6, 6.07) is 18.0. The van der Waals surface area contributed by atoms with E-state index in [-0.39, 0.29) is 31.0 Å². The number of halogens is 1. The Hall–Kier alpha value is -2.04. The van der Waals surface area contributed by atoms with Gasteiger partial charge in [0.15, 0.2) is 6.61 Å².